The molecule has 0 bridgehead atoms. The molecule has 9 nitrogen and oxygen atoms in total. The number of phosphoric acid groups is 1. The van der Waals surface area contributed by atoms with Crippen LogP contribution in [0.3, 0.4) is 0 Å². The van der Waals surface area contributed by atoms with Crippen LogP contribution in [0, 0.1) is 0 Å². The molecule has 0 aliphatic carbocycles. The monoisotopic (exact) mass is 692 g/mol. The lowest BCUT2D eigenvalue weighted by atomic mass is 10.0. The Kier molecular flexibility index (Phi) is 32.8. The summed E-state index contributed by atoms with van der Waals surface area (Å²) in [7, 11) is -0.697. The second kappa shape index (κ2) is 33.5. The van der Waals surface area contributed by atoms with E-state index < -0.39 is 26.5 Å². The topological polar surface area (TPSA) is 112 Å². The second-order valence-electron chi connectivity index (χ2n) is 13.5. The van der Waals surface area contributed by atoms with Crippen molar-refractivity contribution in [3.05, 3.63) is 0 Å². The number of rotatable bonds is 36. The van der Waals surface area contributed by atoms with Crippen LogP contribution < -0.4 is 0 Å². The Labute approximate surface area is 289 Å². The van der Waals surface area contributed by atoms with E-state index >= 15 is 0 Å². The van der Waals surface area contributed by atoms with Gasteiger partial charge in [-0.15, -0.1) is 0 Å². The molecule has 0 aromatic rings. The Hall–Kier alpha value is -0.990. The molecule has 2 unspecified atom stereocenters. The summed E-state index contributed by atoms with van der Waals surface area (Å²) in [4.78, 5) is 36.8. The average molecular weight is 692 g/mol. The van der Waals surface area contributed by atoms with Crippen LogP contribution >= 0.6 is 7.82 Å². The zero-order chi connectivity index (χ0) is 34.9. The Morgan fingerprint density at radius 1 is 0.574 bits per heavy atom. The maximum atomic E-state index is 12.6. The SMILES string of the molecule is CCCCCCCCCCCCCCCC(=O)OC(COC(=O)CCCCCCCCCCCCC)COP(=O)(O)OCCN(C)C. The lowest BCUT2D eigenvalue weighted by Gasteiger charge is -2.20. The number of hydrogen-bond acceptors (Lipinski definition) is 8. The summed E-state index contributed by atoms with van der Waals surface area (Å²) in [5.41, 5.74) is 0. The number of likely N-dealkylation sites (N-methyl/N-ethyl adjacent to an activating group) is 1. The zero-order valence-electron chi connectivity index (χ0n) is 31.0. The highest BCUT2D eigenvalue weighted by molar-refractivity contribution is 7.47. The summed E-state index contributed by atoms with van der Waals surface area (Å²) in [6, 6.07) is 0. The number of nitrogens with zero attached hydrogens (tertiary/aromatic N) is 1. The van der Waals surface area contributed by atoms with E-state index in [1.807, 2.05) is 19.0 Å². The normalized spacial score (nSPS) is 13.5. The van der Waals surface area contributed by atoms with Crippen molar-refractivity contribution < 1.29 is 37.6 Å². The van der Waals surface area contributed by atoms with Gasteiger partial charge in [-0.3, -0.25) is 18.6 Å². The quantitative estimate of drug-likeness (QED) is 0.0390. The molecule has 1 N–H and O–H groups in total. The third kappa shape index (κ3) is 34.7. The zero-order valence-corrected chi connectivity index (χ0v) is 31.9. The van der Waals surface area contributed by atoms with Crippen molar-refractivity contribution in [3.63, 3.8) is 0 Å². The van der Waals surface area contributed by atoms with E-state index in [-0.39, 0.29) is 25.6 Å². The third-order valence-corrected chi connectivity index (χ3v) is 9.40. The number of ether oxygens (including phenoxy) is 2. The third-order valence-electron chi connectivity index (χ3n) is 8.41. The van der Waals surface area contributed by atoms with Crippen LogP contribution in [0.15, 0.2) is 0 Å². The number of hydrogen-bond donors (Lipinski definition) is 1. The van der Waals surface area contributed by atoms with Gasteiger partial charge in [0.2, 0.25) is 0 Å². The van der Waals surface area contributed by atoms with Crippen molar-refractivity contribution in [2.24, 2.45) is 0 Å². The first-order valence-corrected chi connectivity index (χ1v) is 20.8. The van der Waals surface area contributed by atoms with E-state index in [1.165, 1.54) is 116 Å². The van der Waals surface area contributed by atoms with Crippen molar-refractivity contribution in [2.45, 2.75) is 187 Å². The lowest BCUT2D eigenvalue weighted by molar-refractivity contribution is -0.161. The number of carbonyl (C=O) groups is 2. The first-order chi connectivity index (χ1) is 22.7. The summed E-state index contributed by atoms with van der Waals surface area (Å²) < 4.78 is 33.3. The number of phosphoric ester groups is 1. The number of esters is 2. The first kappa shape index (κ1) is 46.0. The molecule has 0 aromatic carbocycles. The largest absolute Gasteiger partial charge is 0.472 e. The molecule has 0 aromatic heterocycles. The maximum absolute atomic E-state index is 12.6. The van der Waals surface area contributed by atoms with Crippen molar-refractivity contribution in [1.29, 1.82) is 0 Å². The Morgan fingerprint density at radius 2 is 0.957 bits per heavy atom. The highest BCUT2D eigenvalue weighted by atomic mass is 31.2. The van der Waals surface area contributed by atoms with Crippen LogP contribution in [0.1, 0.15) is 181 Å². The molecule has 2 atom stereocenters. The Balaban J connectivity index is 4.33. The molecule has 0 fully saturated rings. The van der Waals surface area contributed by atoms with E-state index in [4.69, 9.17) is 18.5 Å². The summed E-state index contributed by atoms with van der Waals surface area (Å²) in [5.74, 6) is -0.794. The molecule has 0 aliphatic heterocycles. The van der Waals surface area contributed by atoms with E-state index in [0.29, 0.717) is 19.4 Å². The van der Waals surface area contributed by atoms with Crippen molar-refractivity contribution in [1.82, 2.24) is 4.90 Å². The van der Waals surface area contributed by atoms with Crippen LogP contribution in [-0.4, -0.2) is 68.3 Å². The number of carbonyl (C=O) groups excluding carboxylic acids is 2. The van der Waals surface area contributed by atoms with Gasteiger partial charge in [-0.1, -0.05) is 155 Å². The molecule has 280 valence electrons. The standard InChI is InChI=1S/C37H74NO8P/c1-5-7-9-11-13-15-17-18-20-22-24-26-28-30-37(40)46-35(34-45-47(41,42)44-32-31-38(3)4)33-43-36(39)29-27-25-23-21-19-16-14-12-10-8-6-2/h35H,5-34H2,1-4H3,(H,41,42). The van der Waals surface area contributed by atoms with E-state index in [0.717, 1.165) is 32.1 Å². The van der Waals surface area contributed by atoms with Crippen molar-refractivity contribution in [2.75, 3.05) is 40.5 Å². The summed E-state index contributed by atoms with van der Waals surface area (Å²) in [6.07, 6.45) is 28.5. The van der Waals surface area contributed by atoms with Gasteiger partial charge in [0.1, 0.15) is 6.61 Å². The van der Waals surface area contributed by atoms with Gasteiger partial charge in [0.05, 0.1) is 13.2 Å². The first-order valence-electron chi connectivity index (χ1n) is 19.3. The predicted molar refractivity (Wildman–Crippen MR) is 193 cm³/mol. The molecule has 0 radical (unpaired) electrons. The minimum Gasteiger partial charge on any atom is -0.462 e. The minimum absolute atomic E-state index is 0.0121. The van der Waals surface area contributed by atoms with Crippen molar-refractivity contribution >= 4 is 19.8 Å². The van der Waals surface area contributed by atoms with Gasteiger partial charge in [-0.25, -0.2) is 4.57 Å². The summed E-state index contributed by atoms with van der Waals surface area (Å²) in [5, 5.41) is 0. The van der Waals surface area contributed by atoms with Crippen LogP contribution in [0.25, 0.3) is 0 Å². The van der Waals surface area contributed by atoms with Gasteiger partial charge in [0.15, 0.2) is 6.10 Å². The average Bonchev–Trinajstić information content (AvgIpc) is 3.03. The fourth-order valence-electron chi connectivity index (χ4n) is 5.39. The van der Waals surface area contributed by atoms with Gasteiger partial charge in [0, 0.05) is 19.4 Å². The van der Waals surface area contributed by atoms with Gasteiger partial charge >= 0.3 is 19.8 Å². The predicted octanol–water partition coefficient (Wildman–Crippen LogP) is 10.3. The van der Waals surface area contributed by atoms with Gasteiger partial charge in [-0.05, 0) is 26.9 Å². The van der Waals surface area contributed by atoms with Crippen LogP contribution in [0.2, 0.25) is 0 Å². The highest BCUT2D eigenvalue weighted by Gasteiger charge is 2.26. The molecule has 0 spiro atoms. The molecule has 0 aliphatic rings. The molecule has 0 amide bonds. The molecular weight excluding hydrogens is 617 g/mol. The number of unbranched alkanes of at least 4 members (excludes halogenated alkanes) is 22. The Morgan fingerprint density at radius 3 is 1.36 bits per heavy atom. The van der Waals surface area contributed by atoms with Crippen LogP contribution in [-0.2, 0) is 32.7 Å². The fraction of sp³-hybridized carbons (Fsp3) is 0.946. The summed E-state index contributed by atoms with van der Waals surface area (Å²) in [6.45, 7) is 4.32. The van der Waals surface area contributed by atoms with E-state index in [1.54, 1.807) is 0 Å². The minimum atomic E-state index is -4.34. The molecule has 10 heteroatoms. The van der Waals surface area contributed by atoms with Gasteiger partial charge in [-0.2, -0.15) is 0 Å². The molecular formula is C37H74NO8P. The van der Waals surface area contributed by atoms with E-state index in [2.05, 4.69) is 13.8 Å². The molecule has 0 heterocycles. The fourth-order valence-corrected chi connectivity index (χ4v) is 6.13. The van der Waals surface area contributed by atoms with Gasteiger partial charge in [0.25, 0.3) is 0 Å². The van der Waals surface area contributed by atoms with Gasteiger partial charge < -0.3 is 19.3 Å². The Bertz CT molecular complexity index is 767. The molecule has 47 heavy (non-hydrogen) atoms. The molecule has 0 rings (SSSR count). The van der Waals surface area contributed by atoms with Crippen LogP contribution in [0.4, 0.5) is 0 Å². The van der Waals surface area contributed by atoms with Crippen LogP contribution in [0.5, 0.6) is 0 Å². The smallest absolute Gasteiger partial charge is 0.462 e. The maximum Gasteiger partial charge on any atom is 0.472 e. The second-order valence-corrected chi connectivity index (χ2v) is 14.9. The lowest BCUT2D eigenvalue weighted by Crippen LogP contribution is -2.29. The summed E-state index contributed by atoms with van der Waals surface area (Å²) >= 11 is 0. The van der Waals surface area contributed by atoms with E-state index in [9.17, 15) is 19.0 Å². The highest BCUT2D eigenvalue weighted by Crippen LogP contribution is 2.43. The van der Waals surface area contributed by atoms with Crippen molar-refractivity contribution in [3.8, 4) is 0 Å². The molecule has 0 saturated carbocycles. The molecule has 0 saturated heterocycles.